The highest BCUT2D eigenvalue weighted by atomic mass is 16.3. The van der Waals surface area contributed by atoms with Crippen LogP contribution in [0.3, 0.4) is 0 Å². The van der Waals surface area contributed by atoms with Crippen LogP contribution in [0.15, 0.2) is 65.3 Å². The van der Waals surface area contributed by atoms with Crippen LogP contribution in [0.25, 0.3) is 0 Å². The fourth-order valence-corrected chi connectivity index (χ4v) is 3.35. The number of furan rings is 1. The van der Waals surface area contributed by atoms with Crippen molar-refractivity contribution in [2.45, 2.75) is 25.9 Å². The van der Waals surface area contributed by atoms with Crippen molar-refractivity contribution in [2.24, 2.45) is 0 Å². The van der Waals surface area contributed by atoms with Gasteiger partial charge in [0.1, 0.15) is 17.1 Å². The van der Waals surface area contributed by atoms with E-state index in [0.29, 0.717) is 5.76 Å². The Morgan fingerprint density at radius 2 is 1.93 bits per heavy atom. The predicted octanol–water partition coefficient (Wildman–Crippen LogP) is 3.20. The van der Waals surface area contributed by atoms with E-state index in [9.17, 15) is 9.59 Å². The number of carbonyl (C=O) groups excluding carboxylic acids is 2. The third-order valence-electron chi connectivity index (χ3n) is 4.63. The molecule has 1 atom stereocenters. The van der Waals surface area contributed by atoms with Crippen molar-refractivity contribution in [1.29, 1.82) is 0 Å². The van der Waals surface area contributed by atoms with E-state index in [4.69, 9.17) is 4.42 Å². The number of rotatable bonds is 4. The first kappa shape index (κ1) is 17.0. The minimum absolute atomic E-state index is 0.0492. The van der Waals surface area contributed by atoms with E-state index in [0.717, 1.165) is 17.7 Å². The normalized spacial score (nSPS) is 15.4. The number of fused-ring (bicyclic) bond motifs is 1. The van der Waals surface area contributed by atoms with Crippen LogP contribution in [0, 0.1) is 0 Å². The summed E-state index contributed by atoms with van der Waals surface area (Å²) in [4.78, 5) is 31.5. The first-order valence-electron chi connectivity index (χ1n) is 8.82. The zero-order valence-electron chi connectivity index (χ0n) is 14.9. The second kappa shape index (κ2) is 7.07. The highest BCUT2D eigenvalue weighted by Crippen LogP contribution is 2.32. The largest absolute Gasteiger partial charge is 0.467 e. The van der Waals surface area contributed by atoms with Crippen molar-refractivity contribution in [3.8, 4) is 0 Å². The zero-order chi connectivity index (χ0) is 18.8. The summed E-state index contributed by atoms with van der Waals surface area (Å²) in [6.07, 6.45) is 2.36. The van der Waals surface area contributed by atoms with E-state index >= 15 is 0 Å². The predicted molar refractivity (Wildman–Crippen MR) is 101 cm³/mol. The molecule has 27 heavy (non-hydrogen) atoms. The maximum atomic E-state index is 13.1. The van der Waals surface area contributed by atoms with E-state index in [1.807, 2.05) is 31.2 Å². The molecule has 6 nitrogen and oxygen atoms in total. The molecule has 3 heterocycles. The van der Waals surface area contributed by atoms with Gasteiger partial charge < -0.3 is 14.6 Å². The van der Waals surface area contributed by atoms with Gasteiger partial charge in [-0.3, -0.25) is 9.59 Å². The fourth-order valence-electron chi connectivity index (χ4n) is 3.35. The fraction of sp³-hybridized carbons (Fsp3) is 0.190. The van der Waals surface area contributed by atoms with E-state index in [1.165, 1.54) is 0 Å². The summed E-state index contributed by atoms with van der Waals surface area (Å²) in [7, 11) is 0. The van der Waals surface area contributed by atoms with Crippen LogP contribution in [0.5, 0.6) is 0 Å². The van der Waals surface area contributed by atoms with Crippen LogP contribution in [-0.2, 0) is 13.0 Å². The van der Waals surface area contributed by atoms with Gasteiger partial charge >= 0.3 is 0 Å². The summed E-state index contributed by atoms with van der Waals surface area (Å²) in [6.45, 7) is 2.28. The molecule has 1 aliphatic heterocycles. The number of nitrogens with zero attached hydrogens (tertiary/aromatic N) is 2. The molecule has 2 aromatic heterocycles. The Morgan fingerprint density at radius 1 is 1.11 bits per heavy atom. The van der Waals surface area contributed by atoms with Crippen LogP contribution >= 0.6 is 0 Å². The third kappa shape index (κ3) is 3.33. The minimum atomic E-state index is -0.351. The van der Waals surface area contributed by atoms with Crippen LogP contribution < -0.4 is 10.2 Å². The SMILES string of the molecule is CC1Cc2ccccc2N1C(=O)c1cccc(C(=O)NCc2ccco2)n1. The van der Waals surface area contributed by atoms with Gasteiger partial charge in [-0.05, 0) is 49.2 Å². The smallest absolute Gasteiger partial charge is 0.277 e. The molecule has 1 aliphatic rings. The van der Waals surface area contributed by atoms with Crippen LogP contribution in [0.4, 0.5) is 5.69 Å². The topological polar surface area (TPSA) is 75.4 Å². The van der Waals surface area contributed by atoms with Gasteiger partial charge in [-0.2, -0.15) is 0 Å². The van der Waals surface area contributed by atoms with Gasteiger partial charge in [-0.15, -0.1) is 0 Å². The Morgan fingerprint density at radius 3 is 2.74 bits per heavy atom. The zero-order valence-corrected chi connectivity index (χ0v) is 14.9. The van der Waals surface area contributed by atoms with E-state index in [1.54, 1.807) is 41.5 Å². The highest BCUT2D eigenvalue weighted by Gasteiger charge is 2.32. The van der Waals surface area contributed by atoms with Gasteiger partial charge in [-0.25, -0.2) is 4.98 Å². The van der Waals surface area contributed by atoms with Crippen molar-refractivity contribution in [3.05, 3.63) is 83.6 Å². The average Bonchev–Trinajstić information content (AvgIpc) is 3.32. The minimum Gasteiger partial charge on any atom is -0.467 e. The Bertz CT molecular complexity index is 982. The lowest BCUT2D eigenvalue weighted by Crippen LogP contribution is -2.36. The summed E-state index contributed by atoms with van der Waals surface area (Å²) < 4.78 is 5.20. The first-order valence-corrected chi connectivity index (χ1v) is 8.82. The van der Waals surface area contributed by atoms with E-state index in [-0.39, 0.29) is 35.8 Å². The summed E-state index contributed by atoms with van der Waals surface area (Å²) in [5.41, 5.74) is 2.51. The van der Waals surface area contributed by atoms with Gasteiger partial charge in [0.05, 0.1) is 12.8 Å². The molecule has 2 amide bonds. The Labute approximate surface area is 156 Å². The summed E-state index contributed by atoms with van der Waals surface area (Å²) in [5, 5.41) is 2.74. The van der Waals surface area contributed by atoms with Crippen LogP contribution in [-0.4, -0.2) is 22.8 Å². The van der Waals surface area contributed by atoms with E-state index < -0.39 is 0 Å². The summed E-state index contributed by atoms with van der Waals surface area (Å²) >= 11 is 0. The van der Waals surface area contributed by atoms with E-state index in [2.05, 4.69) is 10.3 Å². The Balaban J connectivity index is 1.53. The van der Waals surface area contributed by atoms with Crippen LogP contribution in [0.1, 0.15) is 39.2 Å². The van der Waals surface area contributed by atoms with Gasteiger partial charge in [0.2, 0.25) is 0 Å². The lowest BCUT2D eigenvalue weighted by Gasteiger charge is -2.22. The van der Waals surface area contributed by atoms with Gasteiger partial charge in [-0.1, -0.05) is 24.3 Å². The van der Waals surface area contributed by atoms with Gasteiger partial charge in [0.15, 0.2) is 0 Å². The van der Waals surface area contributed by atoms with Crippen molar-refractivity contribution in [1.82, 2.24) is 10.3 Å². The number of hydrogen-bond acceptors (Lipinski definition) is 4. The second-order valence-electron chi connectivity index (χ2n) is 6.53. The van der Waals surface area contributed by atoms with Crippen molar-refractivity contribution in [2.75, 3.05) is 4.90 Å². The quantitative estimate of drug-likeness (QED) is 0.774. The van der Waals surface area contributed by atoms with Crippen molar-refractivity contribution >= 4 is 17.5 Å². The van der Waals surface area contributed by atoms with Crippen LogP contribution in [0.2, 0.25) is 0 Å². The van der Waals surface area contributed by atoms with Gasteiger partial charge in [0, 0.05) is 11.7 Å². The Kier molecular flexibility index (Phi) is 4.46. The molecule has 3 aromatic rings. The lowest BCUT2D eigenvalue weighted by atomic mass is 10.1. The number of nitrogens with one attached hydrogen (secondary N) is 1. The molecule has 0 aliphatic carbocycles. The standard InChI is InChI=1S/C21H19N3O3/c1-14-12-15-6-2-3-10-19(15)24(14)21(26)18-9-4-8-17(23-18)20(25)22-13-16-7-5-11-27-16/h2-11,14H,12-13H2,1H3,(H,22,25). The number of para-hydroxylation sites is 1. The monoisotopic (exact) mass is 361 g/mol. The van der Waals surface area contributed by atoms with Crippen molar-refractivity contribution in [3.63, 3.8) is 0 Å². The number of amides is 2. The maximum absolute atomic E-state index is 13.1. The molecule has 0 saturated carbocycles. The molecule has 0 fully saturated rings. The highest BCUT2D eigenvalue weighted by molar-refractivity contribution is 6.07. The molecule has 1 aromatic carbocycles. The molecule has 0 saturated heterocycles. The Hall–Kier alpha value is -3.41. The number of aromatic nitrogens is 1. The molecule has 0 spiro atoms. The summed E-state index contributed by atoms with van der Waals surface area (Å²) in [6, 6.07) is 16.4. The molecule has 6 heteroatoms. The molecule has 1 unspecified atom stereocenters. The number of carbonyl (C=O) groups is 2. The molecule has 136 valence electrons. The first-order chi connectivity index (χ1) is 13.1. The second-order valence-corrected chi connectivity index (χ2v) is 6.53. The van der Waals surface area contributed by atoms with Gasteiger partial charge in [0.25, 0.3) is 11.8 Å². The number of pyridine rings is 1. The third-order valence-corrected chi connectivity index (χ3v) is 4.63. The molecular formula is C21H19N3O3. The molecule has 1 N–H and O–H groups in total. The molecule has 4 rings (SSSR count). The van der Waals surface area contributed by atoms with Crippen molar-refractivity contribution < 1.29 is 14.0 Å². The average molecular weight is 361 g/mol. The summed E-state index contributed by atoms with van der Waals surface area (Å²) in [5.74, 6) is 0.0992. The number of anilines is 1. The number of benzene rings is 1. The number of hydrogen-bond donors (Lipinski definition) is 1. The maximum Gasteiger partial charge on any atom is 0.277 e. The lowest BCUT2D eigenvalue weighted by molar-refractivity contribution is 0.0942. The molecular weight excluding hydrogens is 342 g/mol. The molecule has 0 radical (unpaired) electrons. The molecule has 0 bridgehead atoms.